The van der Waals surface area contributed by atoms with Gasteiger partial charge >= 0.3 is 5.97 Å². The summed E-state index contributed by atoms with van der Waals surface area (Å²) in [6.07, 6.45) is 0. The number of nitrogens with zero attached hydrogens (tertiary/aromatic N) is 1. The molecule has 0 bridgehead atoms. The van der Waals surface area contributed by atoms with Gasteiger partial charge in [0.1, 0.15) is 0 Å². The maximum Gasteiger partial charge on any atom is 0.338 e. The molecule has 2 aromatic carbocycles. The lowest BCUT2D eigenvalue weighted by molar-refractivity contribution is -0.119. The minimum atomic E-state index is -0.658. The Balaban J connectivity index is 1.94. The Labute approximate surface area is 163 Å². The van der Waals surface area contributed by atoms with E-state index < -0.39 is 18.5 Å². The molecule has 0 atom stereocenters. The summed E-state index contributed by atoms with van der Waals surface area (Å²) in [5, 5.41) is 11.4. The molecule has 0 aliphatic carbocycles. The van der Waals surface area contributed by atoms with E-state index in [1.807, 2.05) is 19.9 Å². The smallest absolute Gasteiger partial charge is 0.338 e. The van der Waals surface area contributed by atoms with Gasteiger partial charge in [0.05, 0.1) is 30.9 Å². The molecule has 0 radical (unpaired) electrons. The fraction of sp³-hybridized carbons (Fsp3) is 0.286. The van der Waals surface area contributed by atoms with Crippen LogP contribution in [0.3, 0.4) is 0 Å². The van der Waals surface area contributed by atoms with Crippen LogP contribution in [-0.2, 0) is 9.53 Å². The van der Waals surface area contributed by atoms with Crippen molar-refractivity contribution < 1.29 is 23.8 Å². The molecule has 7 nitrogen and oxygen atoms in total. The monoisotopic (exact) mass is 382 g/mol. The van der Waals surface area contributed by atoms with Crippen LogP contribution in [0.15, 0.2) is 42.5 Å². The minimum absolute atomic E-state index is 0.244. The van der Waals surface area contributed by atoms with Crippen LogP contribution in [0.1, 0.15) is 29.8 Å². The highest BCUT2D eigenvalue weighted by atomic mass is 16.5. The molecule has 1 amide bonds. The van der Waals surface area contributed by atoms with E-state index in [-0.39, 0.29) is 5.56 Å². The molecule has 0 fully saturated rings. The first-order valence-electron chi connectivity index (χ1n) is 8.71. The lowest BCUT2D eigenvalue weighted by Gasteiger charge is -2.13. The summed E-state index contributed by atoms with van der Waals surface area (Å²) in [5.41, 5.74) is 1.11. The van der Waals surface area contributed by atoms with E-state index in [0.29, 0.717) is 35.3 Å². The quantitative estimate of drug-likeness (QED) is 0.703. The first-order chi connectivity index (χ1) is 13.4. The number of benzene rings is 2. The highest BCUT2D eigenvalue weighted by Gasteiger charge is 2.14. The Morgan fingerprint density at radius 1 is 1.14 bits per heavy atom. The molecule has 146 valence electrons. The van der Waals surface area contributed by atoms with Gasteiger partial charge in [-0.15, -0.1) is 0 Å². The van der Waals surface area contributed by atoms with Crippen molar-refractivity contribution in [1.29, 1.82) is 5.26 Å². The molecule has 2 rings (SSSR count). The number of nitriles is 1. The first kappa shape index (κ1) is 20.8. The predicted octanol–water partition coefficient (Wildman–Crippen LogP) is 3.40. The molecule has 7 heteroatoms. The third kappa shape index (κ3) is 6.02. The number of rotatable bonds is 8. The fourth-order valence-corrected chi connectivity index (χ4v) is 2.25. The topological polar surface area (TPSA) is 97.6 Å². The number of anilines is 1. The van der Waals surface area contributed by atoms with E-state index in [2.05, 4.69) is 5.32 Å². The second-order valence-corrected chi connectivity index (χ2v) is 6.39. The number of esters is 1. The summed E-state index contributed by atoms with van der Waals surface area (Å²) in [5.74, 6) is 0.124. The summed E-state index contributed by atoms with van der Waals surface area (Å²) >= 11 is 0. The summed E-state index contributed by atoms with van der Waals surface area (Å²) in [7, 11) is 1.48. The van der Waals surface area contributed by atoms with Crippen LogP contribution in [0.25, 0.3) is 0 Å². The number of carbonyl (C=O) groups is 2. The minimum Gasteiger partial charge on any atom is -0.493 e. The summed E-state index contributed by atoms with van der Waals surface area (Å²) in [6.45, 7) is 4.12. The molecule has 0 aliphatic rings. The maximum absolute atomic E-state index is 12.2. The molecule has 0 aromatic heterocycles. The molecule has 0 spiro atoms. The average molecular weight is 382 g/mol. The highest BCUT2D eigenvalue weighted by Crippen LogP contribution is 2.28. The van der Waals surface area contributed by atoms with Gasteiger partial charge in [0.2, 0.25) is 0 Å². The number of nitrogens with one attached hydrogen (secondary N) is 1. The third-order valence-electron chi connectivity index (χ3n) is 3.58. The number of carbonyl (C=O) groups excluding carboxylic acids is 2. The Bertz CT molecular complexity index is 887. The van der Waals surface area contributed by atoms with E-state index in [1.54, 1.807) is 30.3 Å². The zero-order valence-electron chi connectivity index (χ0n) is 16.0. The first-order valence-corrected chi connectivity index (χ1v) is 8.71. The van der Waals surface area contributed by atoms with Crippen molar-refractivity contribution in [3.63, 3.8) is 0 Å². The van der Waals surface area contributed by atoms with Crippen LogP contribution in [0.5, 0.6) is 11.5 Å². The summed E-state index contributed by atoms with van der Waals surface area (Å²) in [6, 6.07) is 13.1. The highest BCUT2D eigenvalue weighted by molar-refractivity contribution is 5.95. The van der Waals surface area contributed by atoms with E-state index in [0.717, 1.165) is 0 Å². The van der Waals surface area contributed by atoms with Crippen molar-refractivity contribution in [1.82, 2.24) is 0 Å². The van der Waals surface area contributed by atoms with Crippen molar-refractivity contribution in [2.75, 3.05) is 25.6 Å². The van der Waals surface area contributed by atoms with Gasteiger partial charge in [-0.05, 0) is 42.3 Å². The lowest BCUT2D eigenvalue weighted by Crippen LogP contribution is -2.21. The largest absolute Gasteiger partial charge is 0.493 e. The number of ether oxygens (including phenoxy) is 3. The molecule has 0 heterocycles. The predicted molar refractivity (Wildman–Crippen MR) is 103 cm³/mol. The van der Waals surface area contributed by atoms with Crippen LogP contribution < -0.4 is 14.8 Å². The van der Waals surface area contributed by atoms with Gasteiger partial charge < -0.3 is 19.5 Å². The Kier molecular flexibility index (Phi) is 7.40. The Hall–Kier alpha value is -3.53. The summed E-state index contributed by atoms with van der Waals surface area (Å²) in [4.78, 5) is 24.2. The fourth-order valence-electron chi connectivity index (χ4n) is 2.25. The van der Waals surface area contributed by atoms with Gasteiger partial charge in [-0.1, -0.05) is 19.9 Å². The number of hydrogen-bond acceptors (Lipinski definition) is 6. The normalized spacial score (nSPS) is 10.1. The van der Waals surface area contributed by atoms with E-state index in [1.165, 1.54) is 19.2 Å². The van der Waals surface area contributed by atoms with Gasteiger partial charge in [0, 0.05) is 5.69 Å². The van der Waals surface area contributed by atoms with Crippen molar-refractivity contribution in [3.8, 4) is 17.6 Å². The van der Waals surface area contributed by atoms with Crippen LogP contribution in [0.4, 0.5) is 5.69 Å². The zero-order chi connectivity index (χ0) is 20.5. The molecule has 0 saturated heterocycles. The Morgan fingerprint density at radius 3 is 2.61 bits per heavy atom. The van der Waals surface area contributed by atoms with Crippen LogP contribution >= 0.6 is 0 Å². The molecule has 1 N–H and O–H groups in total. The molecular formula is C21H22N2O5. The number of hydrogen-bond donors (Lipinski definition) is 1. The second-order valence-electron chi connectivity index (χ2n) is 6.39. The van der Waals surface area contributed by atoms with Crippen molar-refractivity contribution >= 4 is 17.6 Å². The van der Waals surface area contributed by atoms with Crippen LogP contribution in [0, 0.1) is 17.2 Å². The molecular weight excluding hydrogens is 360 g/mol. The molecule has 0 saturated carbocycles. The van der Waals surface area contributed by atoms with Crippen molar-refractivity contribution in [2.45, 2.75) is 13.8 Å². The SMILES string of the molecule is COc1cc(C(=O)OCC(=O)Nc2cccc(C#N)c2)ccc1OCC(C)C. The van der Waals surface area contributed by atoms with E-state index >= 15 is 0 Å². The van der Waals surface area contributed by atoms with Crippen LogP contribution in [-0.4, -0.2) is 32.2 Å². The maximum atomic E-state index is 12.2. The molecule has 28 heavy (non-hydrogen) atoms. The number of amides is 1. The Morgan fingerprint density at radius 2 is 1.93 bits per heavy atom. The summed E-state index contributed by atoms with van der Waals surface area (Å²) < 4.78 is 15.9. The zero-order valence-corrected chi connectivity index (χ0v) is 16.0. The number of methoxy groups -OCH3 is 1. The molecule has 0 aliphatic heterocycles. The van der Waals surface area contributed by atoms with Gasteiger partial charge in [-0.3, -0.25) is 4.79 Å². The average Bonchev–Trinajstić information content (AvgIpc) is 2.70. The lowest BCUT2D eigenvalue weighted by atomic mass is 10.2. The molecule has 2 aromatic rings. The standard InChI is InChI=1S/C21H22N2O5/c1-14(2)12-27-18-8-7-16(10-19(18)26-3)21(25)28-13-20(24)23-17-6-4-5-15(9-17)11-22/h4-10,14H,12-13H2,1-3H3,(H,23,24). The van der Waals surface area contributed by atoms with E-state index in [4.69, 9.17) is 19.5 Å². The van der Waals surface area contributed by atoms with Gasteiger partial charge in [0.25, 0.3) is 5.91 Å². The molecule has 0 unspecified atom stereocenters. The van der Waals surface area contributed by atoms with Crippen molar-refractivity contribution in [3.05, 3.63) is 53.6 Å². The third-order valence-corrected chi connectivity index (χ3v) is 3.58. The van der Waals surface area contributed by atoms with Gasteiger partial charge in [0.15, 0.2) is 18.1 Å². The van der Waals surface area contributed by atoms with Crippen LogP contribution in [0.2, 0.25) is 0 Å². The van der Waals surface area contributed by atoms with Gasteiger partial charge in [-0.25, -0.2) is 4.79 Å². The second kappa shape index (κ2) is 9.97. The van der Waals surface area contributed by atoms with Crippen molar-refractivity contribution in [2.24, 2.45) is 5.92 Å². The van der Waals surface area contributed by atoms with E-state index in [9.17, 15) is 9.59 Å². The van der Waals surface area contributed by atoms with Gasteiger partial charge in [-0.2, -0.15) is 5.26 Å².